The fourth-order valence-corrected chi connectivity index (χ4v) is 3.95. The van der Waals surface area contributed by atoms with Crippen LogP contribution >= 0.6 is 11.3 Å². The van der Waals surface area contributed by atoms with E-state index < -0.39 is 0 Å². The summed E-state index contributed by atoms with van der Waals surface area (Å²) in [5.41, 5.74) is 3.31. The van der Waals surface area contributed by atoms with Gasteiger partial charge in [0.1, 0.15) is 11.5 Å². The van der Waals surface area contributed by atoms with Gasteiger partial charge in [0.05, 0.1) is 24.6 Å². The summed E-state index contributed by atoms with van der Waals surface area (Å²) in [4.78, 5) is 17.0. The molecule has 5 rings (SSSR count). The molecule has 0 bridgehead atoms. The molecule has 3 aromatic heterocycles. The van der Waals surface area contributed by atoms with Crippen LogP contribution in [-0.4, -0.2) is 45.7 Å². The van der Waals surface area contributed by atoms with Gasteiger partial charge in [-0.3, -0.25) is 4.40 Å². The van der Waals surface area contributed by atoms with Gasteiger partial charge in [0.25, 0.3) is 0 Å². The molecule has 1 fully saturated rings. The lowest BCUT2D eigenvalue weighted by Crippen LogP contribution is -2.37. The second-order valence-electron chi connectivity index (χ2n) is 6.21. The molecule has 4 aromatic rings. The maximum Gasteiger partial charge on any atom is 0.226 e. The molecule has 0 amide bonds. The fourth-order valence-electron chi connectivity index (χ4n) is 3.24. The first-order valence-electron chi connectivity index (χ1n) is 8.67. The van der Waals surface area contributed by atoms with Crippen LogP contribution in [0.15, 0.2) is 48.1 Å². The molecule has 1 aliphatic rings. The van der Waals surface area contributed by atoms with Crippen LogP contribution in [0.25, 0.3) is 27.6 Å². The van der Waals surface area contributed by atoms with Crippen molar-refractivity contribution in [3.8, 4) is 22.6 Å². The Morgan fingerprint density at radius 2 is 1.85 bits per heavy atom. The molecular weight excluding hydrogens is 365 g/mol. The molecule has 27 heavy (non-hydrogen) atoms. The average molecular weight is 381 g/mol. The Kier molecular flexibility index (Phi) is 4.06. The molecule has 0 atom stereocenters. The SMILES string of the molecule is Fc1ccc(-c2nc3sccn3c2-c2ccnc(N3CCOCC3)n2)cc1. The van der Waals surface area contributed by atoms with E-state index in [0.717, 1.165) is 40.7 Å². The van der Waals surface area contributed by atoms with E-state index in [1.54, 1.807) is 29.7 Å². The van der Waals surface area contributed by atoms with Crippen molar-refractivity contribution in [2.24, 2.45) is 0 Å². The smallest absolute Gasteiger partial charge is 0.226 e. The maximum absolute atomic E-state index is 13.4. The number of fused-ring (bicyclic) bond motifs is 1. The Hall–Kier alpha value is -2.84. The Balaban J connectivity index is 1.65. The third-order valence-corrected chi connectivity index (χ3v) is 5.32. The molecule has 0 N–H and O–H groups in total. The molecule has 4 heterocycles. The fraction of sp³-hybridized carbons (Fsp3) is 0.211. The molecule has 1 aromatic carbocycles. The summed E-state index contributed by atoms with van der Waals surface area (Å²) in [6.07, 6.45) is 3.75. The number of halogens is 1. The third kappa shape index (κ3) is 2.96. The highest BCUT2D eigenvalue weighted by Gasteiger charge is 2.20. The van der Waals surface area contributed by atoms with E-state index >= 15 is 0 Å². The van der Waals surface area contributed by atoms with Crippen molar-refractivity contribution in [3.63, 3.8) is 0 Å². The molecule has 136 valence electrons. The lowest BCUT2D eigenvalue weighted by molar-refractivity contribution is 0.122. The van der Waals surface area contributed by atoms with Crippen LogP contribution in [0.1, 0.15) is 0 Å². The Morgan fingerprint density at radius 3 is 2.67 bits per heavy atom. The van der Waals surface area contributed by atoms with Crippen molar-refractivity contribution < 1.29 is 9.13 Å². The maximum atomic E-state index is 13.4. The standard InChI is InChI=1S/C19H16FN5OS/c20-14-3-1-13(2-4-14)16-17(25-9-12-27-19(25)23-16)15-5-6-21-18(22-15)24-7-10-26-11-8-24/h1-6,9,12H,7-8,10-11H2. The molecule has 0 aliphatic carbocycles. The first kappa shape index (κ1) is 16.3. The molecule has 1 saturated heterocycles. The van der Waals surface area contributed by atoms with Crippen molar-refractivity contribution in [3.05, 3.63) is 53.9 Å². The van der Waals surface area contributed by atoms with Gasteiger partial charge in [0, 0.05) is 36.4 Å². The van der Waals surface area contributed by atoms with Gasteiger partial charge in [-0.1, -0.05) is 0 Å². The number of rotatable bonds is 3. The van der Waals surface area contributed by atoms with Gasteiger partial charge < -0.3 is 9.64 Å². The number of imidazole rings is 1. The summed E-state index contributed by atoms with van der Waals surface area (Å²) >= 11 is 1.55. The Labute approximate surface area is 158 Å². The number of thiazole rings is 1. The minimum Gasteiger partial charge on any atom is -0.378 e. The molecule has 8 heteroatoms. The summed E-state index contributed by atoms with van der Waals surface area (Å²) in [5, 5.41) is 1.99. The van der Waals surface area contributed by atoms with E-state index in [1.807, 2.05) is 22.0 Å². The molecular formula is C19H16FN5OS. The normalized spacial score (nSPS) is 14.8. The van der Waals surface area contributed by atoms with Crippen LogP contribution in [0.4, 0.5) is 10.3 Å². The van der Waals surface area contributed by atoms with Gasteiger partial charge in [-0.2, -0.15) is 0 Å². The van der Waals surface area contributed by atoms with Gasteiger partial charge in [0.2, 0.25) is 5.95 Å². The summed E-state index contributed by atoms with van der Waals surface area (Å²) in [6.45, 7) is 2.90. The van der Waals surface area contributed by atoms with Crippen LogP contribution in [-0.2, 0) is 4.74 Å². The Bertz CT molecular complexity index is 1090. The minimum absolute atomic E-state index is 0.266. The van der Waals surface area contributed by atoms with E-state index in [-0.39, 0.29) is 5.82 Å². The van der Waals surface area contributed by atoms with Crippen molar-refractivity contribution in [1.29, 1.82) is 0 Å². The second kappa shape index (κ2) is 6.71. The van der Waals surface area contributed by atoms with Crippen LogP contribution in [0.2, 0.25) is 0 Å². The minimum atomic E-state index is -0.266. The predicted molar refractivity (Wildman–Crippen MR) is 103 cm³/mol. The number of morpholine rings is 1. The average Bonchev–Trinajstić information content (AvgIpc) is 3.30. The highest BCUT2D eigenvalue weighted by atomic mass is 32.1. The molecule has 0 unspecified atom stereocenters. The third-order valence-electron chi connectivity index (χ3n) is 4.56. The van der Waals surface area contributed by atoms with Gasteiger partial charge >= 0.3 is 0 Å². The van der Waals surface area contributed by atoms with E-state index in [0.29, 0.717) is 19.2 Å². The van der Waals surface area contributed by atoms with Crippen LogP contribution in [0.3, 0.4) is 0 Å². The number of anilines is 1. The van der Waals surface area contributed by atoms with Crippen molar-refractivity contribution in [1.82, 2.24) is 19.4 Å². The highest BCUT2D eigenvalue weighted by Crippen LogP contribution is 2.33. The van der Waals surface area contributed by atoms with Crippen molar-refractivity contribution in [2.75, 3.05) is 31.2 Å². The second-order valence-corrected chi connectivity index (χ2v) is 7.09. The molecule has 0 spiro atoms. The molecule has 0 radical (unpaired) electrons. The zero-order valence-corrected chi connectivity index (χ0v) is 15.2. The molecule has 6 nitrogen and oxygen atoms in total. The summed E-state index contributed by atoms with van der Waals surface area (Å²) in [5.74, 6) is 0.420. The van der Waals surface area contributed by atoms with E-state index in [1.165, 1.54) is 12.1 Å². The largest absolute Gasteiger partial charge is 0.378 e. The number of ether oxygens (including phenoxy) is 1. The predicted octanol–water partition coefficient (Wildman–Crippen LogP) is 3.50. The monoisotopic (exact) mass is 381 g/mol. The van der Waals surface area contributed by atoms with Gasteiger partial charge in [-0.05, 0) is 30.3 Å². The quantitative estimate of drug-likeness (QED) is 0.544. The van der Waals surface area contributed by atoms with Crippen LogP contribution in [0, 0.1) is 5.82 Å². The van der Waals surface area contributed by atoms with Gasteiger partial charge in [-0.15, -0.1) is 11.3 Å². The number of hydrogen-bond donors (Lipinski definition) is 0. The summed E-state index contributed by atoms with van der Waals surface area (Å²) in [7, 11) is 0. The Morgan fingerprint density at radius 1 is 1.04 bits per heavy atom. The highest BCUT2D eigenvalue weighted by molar-refractivity contribution is 7.15. The number of nitrogens with zero attached hydrogens (tertiary/aromatic N) is 5. The lowest BCUT2D eigenvalue weighted by Gasteiger charge is -2.26. The number of aromatic nitrogens is 4. The van der Waals surface area contributed by atoms with E-state index in [2.05, 4.69) is 9.88 Å². The topological polar surface area (TPSA) is 55.5 Å². The summed E-state index contributed by atoms with van der Waals surface area (Å²) < 4.78 is 20.8. The first-order valence-corrected chi connectivity index (χ1v) is 9.55. The molecule has 0 saturated carbocycles. The zero-order chi connectivity index (χ0) is 18.2. The lowest BCUT2D eigenvalue weighted by atomic mass is 10.1. The van der Waals surface area contributed by atoms with Crippen molar-refractivity contribution >= 4 is 22.2 Å². The van der Waals surface area contributed by atoms with Crippen LogP contribution in [0.5, 0.6) is 0 Å². The number of benzene rings is 1. The van der Waals surface area contributed by atoms with Gasteiger partial charge in [0.15, 0.2) is 4.96 Å². The van der Waals surface area contributed by atoms with E-state index in [4.69, 9.17) is 14.7 Å². The number of hydrogen-bond acceptors (Lipinski definition) is 6. The zero-order valence-electron chi connectivity index (χ0n) is 14.4. The summed E-state index contributed by atoms with van der Waals surface area (Å²) in [6, 6.07) is 8.28. The van der Waals surface area contributed by atoms with Crippen LogP contribution < -0.4 is 4.90 Å². The van der Waals surface area contributed by atoms with Gasteiger partial charge in [-0.25, -0.2) is 19.3 Å². The van der Waals surface area contributed by atoms with E-state index in [9.17, 15) is 4.39 Å². The first-order chi connectivity index (χ1) is 13.3. The van der Waals surface area contributed by atoms with Crippen molar-refractivity contribution in [2.45, 2.75) is 0 Å². The molecule has 1 aliphatic heterocycles.